The number of rotatable bonds is 6. The average Bonchev–Trinajstić information content (AvgIpc) is 2.50. The average molecular weight is 304 g/mol. The molecule has 0 atom stereocenters. The third-order valence-electron chi connectivity index (χ3n) is 3.00. The third kappa shape index (κ3) is 4.76. The first-order valence-electron chi connectivity index (χ1n) is 6.91. The monoisotopic (exact) mass is 303 g/mol. The van der Waals surface area contributed by atoms with Crippen molar-refractivity contribution in [3.8, 4) is 0 Å². The summed E-state index contributed by atoms with van der Waals surface area (Å²) >= 11 is 5.83. The summed E-state index contributed by atoms with van der Waals surface area (Å²) in [6.07, 6.45) is 2.35. The van der Waals surface area contributed by atoms with E-state index in [0.717, 1.165) is 29.4 Å². The van der Waals surface area contributed by atoms with E-state index in [4.69, 9.17) is 11.6 Å². The van der Waals surface area contributed by atoms with Crippen LogP contribution in [0.25, 0.3) is 0 Å². The molecule has 5 heteroatoms. The Kier molecular flexibility index (Phi) is 5.58. The van der Waals surface area contributed by atoms with Crippen LogP contribution in [0.5, 0.6) is 0 Å². The molecule has 1 heterocycles. The Morgan fingerprint density at radius 2 is 1.95 bits per heavy atom. The summed E-state index contributed by atoms with van der Waals surface area (Å²) in [5.41, 5.74) is 1.70. The Balaban J connectivity index is 1.82. The number of hydrogen-bond acceptors (Lipinski definition) is 3. The fourth-order valence-electron chi connectivity index (χ4n) is 1.89. The van der Waals surface area contributed by atoms with Gasteiger partial charge in [0.2, 0.25) is 0 Å². The Hall–Kier alpha value is -2.07. The molecular weight excluding hydrogens is 286 g/mol. The molecule has 1 amide bonds. The van der Waals surface area contributed by atoms with E-state index in [9.17, 15) is 4.79 Å². The van der Waals surface area contributed by atoms with Gasteiger partial charge < -0.3 is 10.6 Å². The van der Waals surface area contributed by atoms with Gasteiger partial charge in [0.1, 0.15) is 5.82 Å². The fourth-order valence-corrected chi connectivity index (χ4v) is 2.01. The van der Waals surface area contributed by atoms with Crippen molar-refractivity contribution in [1.82, 2.24) is 10.3 Å². The highest BCUT2D eigenvalue weighted by Gasteiger charge is 2.05. The van der Waals surface area contributed by atoms with Crippen molar-refractivity contribution in [3.05, 3.63) is 58.7 Å². The molecule has 0 fully saturated rings. The second-order valence-corrected chi connectivity index (χ2v) is 5.03. The van der Waals surface area contributed by atoms with Crippen LogP contribution in [0.4, 0.5) is 5.82 Å². The number of hydrogen-bond donors (Lipinski definition) is 2. The molecule has 1 aromatic heterocycles. The van der Waals surface area contributed by atoms with Crippen LogP contribution >= 0.6 is 11.6 Å². The molecule has 21 heavy (non-hydrogen) atoms. The summed E-state index contributed by atoms with van der Waals surface area (Å²) in [6.45, 7) is 3.38. The van der Waals surface area contributed by atoms with Crippen LogP contribution in [0.1, 0.15) is 22.8 Å². The number of aromatic nitrogens is 1. The molecule has 2 N–H and O–H groups in total. The third-order valence-corrected chi connectivity index (χ3v) is 3.25. The van der Waals surface area contributed by atoms with Gasteiger partial charge in [0, 0.05) is 24.3 Å². The molecule has 0 spiro atoms. The number of nitrogens with one attached hydrogen (secondary N) is 2. The van der Waals surface area contributed by atoms with Crippen LogP contribution in [-0.2, 0) is 6.42 Å². The van der Waals surface area contributed by atoms with Gasteiger partial charge in [0.15, 0.2) is 0 Å². The van der Waals surface area contributed by atoms with Gasteiger partial charge in [-0.1, -0.05) is 23.7 Å². The molecule has 4 nitrogen and oxygen atoms in total. The van der Waals surface area contributed by atoms with E-state index in [1.165, 1.54) is 0 Å². The van der Waals surface area contributed by atoms with Gasteiger partial charge in [0.25, 0.3) is 5.91 Å². The summed E-state index contributed by atoms with van der Waals surface area (Å²) in [4.78, 5) is 16.1. The minimum absolute atomic E-state index is 0.112. The van der Waals surface area contributed by atoms with Gasteiger partial charge in [0.05, 0.1) is 5.56 Å². The van der Waals surface area contributed by atoms with E-state index < -0.39 is 0 Å². The number of carbonyl (C=O) groups is 1. The second-order valence-electron chi connectivity index (χ2n) is 4.59. The molecule has 0 saturated heterocycles. The highest BCUT2D eigenvalue weighted by Crippen LogP contribution is 2.09. The fraction of sp³-hybridized carbons (Fsp3) is 0.250. The molecule has 110 valence electrons. The summed E-state index contributed by atoms with van der Waals surface area (Å²) in [5, 5.41) is 6.69. The number of benzene rings is 1. The molecule has 0 aliphatic heterocycles. The normalized spacial score (nSPS) is 10.2. The molecule has 2 aromatic rings. The van der Waals surface area contributed by atoms with Gasteiger partial charge in [-0.2, -0.15) is 0 Å². The van der Waals surface area contributed by atoms with Crippen molar-refractivity contribution in [2.24, 2.45) is 0 Å². The summed E-state index contributed by atoms with van der Waals surface area (Å²) in [7, 11) is 0. The first kappa shape index (κ1) is 15.3. The molecule has 0 bridgehead atoms. The maximum atomic E-state index is 12.0. The van der Waals surface area contributed by atoms with Crippen molar-refractivity contribution in [3.63, 3.8) is 0 Å². The molecule has 0 aliphatic rings. The molecule has 0 radical (unpaired) electrons. The number of carbonyl (C=O) groups excluding carboxylic acids is 1. The van der Waals surface area contributed by atoms with Crippen LogP contribution < -0.4 is 10.6 Å². The summed E-state index contributed by atoms with van der Waals surface area (Å²) in [5.74, 6) is 0.662. The Morgan fingerprint density at radius 1 is 1.19 bits per heavy atom. The molecule has 0 aliphatic carbocycles. The largest absolute Gasteiger partial charge is 0.370 e. The van der Waals surface area contributed by atoms with E-state index >= 15 is 0 Å². The predicted octanol–water partition coefficient (Wildman–Crippen LogP) is 3.14. The standard InChI is InChI=1S/C16H18ClN3O/c1-2-18-15-8-5-13(11-20-15)16(21)19-10-9-12-3-6-14(17)7-4-12/h3-8,11H,2,9-10H2,1H3,(H,18,20)(H,19,21). The van der Waals surface area contributed by atoms with E-state index in [2.05, 4.69) is 15.6 Å². The number of amides is 1. The summed E-state index contributed by atoms with van der Waals surface area (Å²) < 4.78 is 0. The van der Waals surface area contributed by atoms with Gasteiger partial charge in [-0.25, -0.2) is 4.98 Å². The highest BCUT2D eigenvalue weighted by atomic mass is 35.5. The topological polar surface area (TPSA) is 54.0 Å². The lowest BCUT2D eigenvalue weighted by Gasteiger charge is -2.06. The minimum atomic E-state index is -0.112. The maximum Gasteiger partial charge on any atom is 0.252 e. The zero-order chi connectivity index (χ0) is 15.1. The number of nitrogens with zero attached hydrogens (tertiary/aromatic N) is 1. The van der Waals surface area contributed by atoms with Gasteiger partial charge in [-0.15, -0.1) is 0 Å². The second kappa shape index (κ2) is 7.64. The first-order chi connectivity index (χ1) is 10.2. The lowest BCUT2D eigenvalue weighted by atomic mass is 10.1. The highest BCUT2D eigenvalue weighted by molar-refractivity contribution is 6.30. The smallest absolute Gasteiger partial charge is 0.252 e. The zero-order valence-electron chi connectivity index (χ0n) is 11.9. The SMILES string of the molecule is CCNc1ccc(C(=O)NCCc2ccc(Cl)cc2)cn1. The van der Waals surface area contributed by atoms with Crippen molar-refractivity contribution >= 4 is 23.3 Å². The maximum absolute atomic E-state index is 12.0. The number of pyridine rings is 1. The molecular formula is C16H18ClN3O. The van der Waals surface area contributed by atoms with Crippen molar-refractivity contribution < 1.29 is 4.79 Å². The number of halogens is 1. The van der Waals surface area contributed by atoms with E-state index in [1.54, 1.807) is 18.3 Å². The Labute approximate surface area is 129 Å². The van der Waals surface area contributed by atoms with Crippen LogP contribution in [-0.4, -0.2) is 24.0 Å². The molecule has 1 aromatic carbocycles. The minimum Gasteiger partial charge on any atom is -0.370 e. The lowest BCUT2D eigenvalue weighted by molar-refractivity contribution is 0.0954. The molecule has 2 rings (SSSR count). The van der Waals surface area contributed by atoms with Crippen LogP contribution in [0.3, 0.4) is 0 Å². The number of anilines is 1. The van der Waals surface area contributed by atoms with Crippen molar-refractivity contribution in [1.29, 1.82) is 0 Å². The molecule has 0 unspecified atom stereocenters. The Bertz CT molecular complexity index is 581. The van der Waals surface area contributed by atoms with Crippen molar-refractivity contribution in [2.75, 3.05) is 18.4 Å². The van der Waals surface area contributed by atoms with Crippen LogP contribution in [0.2, 0.25) is 5.02 Å². The zero-order valence-corrected chi connectivity index (χ0v) is 12.7. The van der Waals surface area contributed by atoms with Gasteiger partial charge in [-0.05, 0) is 43.2 Å². The van der Waals surface area contributed by atoms with Crippen LogP contribution in [0, 0.1) is 0 Å². The van der Waals surface area contributed by atoms with Gasteiger partial charge >= 0.3 is 0 Å². The Morgan fingerprint density at radius 3 is 2.57 bits per heavy atom. The summed E-state index contributed by atoms with van der Waals surface area (Å²) in [6, 6.07) is 11.2. The lowest BCUT2D eigenvalue weighted by Crippen LogP contribution is -2.25. The van der Waals surface area contributed by atoms with Crippen LogP contribution in [0.15, 0.2) is 42.6 Å². The quantitative estimate of drug-likeness (QED) is 0.862. The molecule has 0 saturated carbocycles. The van der Waals surface area contributed by atoms with E-state index in [0.29, 0.717) is 12.1 Å². The van der Waals surface area contributed by atoms with E-state index in [1.807, 2.05) is 31.2 Å². The van der Waals surface area contributed by atoms with E-state index in [-0.39, 0.29) is 5.91 Å². The predicted molar refractivity (Wildman–Crippen MR) is 85.9 cm³/mol. The van der Waals surface area contributed by atoms with Crippen molar-refractivity contribution in [2.45, 2.75) is 13.3 Å². The first-order valence-corrected chi connectivity index (χ1v) is 7.29. The van der Waals surface area contributed by atoms with Gasteiger partial charge in [-0.3, -0.25) is 4.79 Å².